The minimum absolute atomic E-state index is 0.755. The van der Waals surface area contributed by atoms with Crippen LogP contribution in [0.4, 0.5) is 0 Å². The van der Waals surface area contributed by atoms with E-state index >= 15 is 0 Å². The second-order valence-corrected chi connectivity index (χ2v) is 4.97. The molecule has 0 bridgehead atoms. The van der Waals surface area contributed by atoms with E-state index in [0.717, 1.165) is 40.2 Å². The summed E-state index contributed by atoms with van der Waals surface area (Å²) in [4.78, 5) is 9.09. The molecular formula is C16H18N4. The lowest BCUT2D eigenvalue weighted by molar-refractivity contribution is 0.793. The lowest BCUT2D eigenvalue weighted by Crippen LogP contribution is -2.08. The molecule has 0 radical (unpaired) electrons. The van der Waals surface area contributed by atoms with Crippen LogP contribution >= 0.6 is 0 Å². The maximum Gasteiger partial charge on any atom is 0.0997 e. The Balaban J connectivity index is 2.29. The fourth-order valence-corrected chi connectivity index (χ4v) is 2.42. The minimum Gasteiger partial charge on any atom is -0.314 e. The van der Waals surface area contributed by atoms with Crippen LogP contribution in [0.1, 0.15) is 17.1 Å². The number of hydrogen-bond donors (Lipinski definition) is 1. The van der Waals surface area contributed by atoms with E-state index in [1.165, 1.54) is 0 Å². The van der Waals surface area contributed by atoms with Crippen LogP contribution in [0.25, 0.3) is 16.6 Å². The van der Waals surface area contributed by atoms with Crippen molar-refractivity contribution in [3.05, 3.63) is 53.7 Å². The summed E-state index contributed by atoms with van der Waals surface area (Å²) in [7, 11) is 1.93. The number of imidazole rings is 1. The molecule has 0 aliphatic carbocycles. The number of hydrogen-bond acceptors (Lipinski definition) is 3. The molecule has 0 fully saturated rings. The van der Waals surface area contributed by atoms with Crippen LogP contribution in [0, 0.1) is 13.8 Å². The maximum absolute atomic E-state index is 4.69. The van der Waals surface area contributed by atoms with Crippen molar-refractivity contribution >= 4 is 10.9 Å². The maximum atomic E-state index is 4.69. The van der Waals surface area contributed by atoms with Crippen molar-refractivity contribution < 1.29 is 0 Å². The van der Waals surface area contributed by atoms with E-state index < -0.39 is 0 Å². The molecule has 0 unspecified atom stereocenters. The van der Waals surface area contributed by atoms with Gasteiger partial charge in [0.15, 0.2) is 0 Å². The van der Waals surface area contributed by atoms with Gasteiger partial charge in [-0.2, -0.15) is 0 Å². The highest BCUT2D eigenvalue weighted by Gasteiger charge is 2.10. The molecule has 20 heavy (non-hydrogen) atoms. The molecule has 0 atom stereocenters. The Morgan fingerprint density at radius 1 is 1.20 bits per heavy atom. The molecule has 2 aromatic heterocycles. The number of nitrogens with zero attached hydrogens (tertiary/aromatic N) is 3. The number of benzene rings is 1. The van der Waals surface area contributed by atoms with Gasteiger partial charge in [0.05, 0.1) is 28.9 Å². The summed E-state index contributed by atoms with van der Waals surface area (Å²) in [5.74, 6) is 0. The average molecular weight is 266 g/mol. The normalized spacial score (nSPS) is 11.2. The monoisotopic (exact) mass is 266 g/mol. The van der Waals surface area contributed by atoms with Crippen molar-refractivity contribution in [1.82, 2.24) is 19.9 Å². The smallest absolute Gasteiger partial charge is 0.0997 e. The zero-order valence-corrected chi connectivity index (χ0v) is 12.0. The van der Waals surface area contributed by atoms with Crippen LogP contribution in [0.2, 0.25) is 0 Å². The molecule has 0 saturated heterocycles. The second-order valence-electron chi connectivity index (χ2n) is 4.97. The number of aryl methyl sites for hydroxylation is 1. The minimum atomic E-state index is 0.755. The fraction of sp³-hybridized carbons (Fsp3) is 0.250. The predicted octanol–water partition coefficient (Wildman–Crippen LogP) is 2.76. The first-order valence-electron chi connectivity index (χ1n) is 6.75. The lowest BCUT2D eigenvalue weighted by atomic mass is 10.1. The SMILES string of the molecule is CNCc1cc(-n2cnc(C)c2C)c2ccccc2n1. The molecule has 2 heterocycles. The Morgan fingerprint density at radius 2 is 2.00 bits per heavy atom. The van der Waals surface area contributed by atoms with Crippen molar-refractivity contribution in [1.29, 1.82) is 0 Å². The summed E-state index contributed by atoms with van der Waals surface area (Å²) in [6.45, 7) is 4.88. The Morgan fingerprint density at radius 3 is 2.70 bits per heavy atom. The third-order valence-electron chi connectivity index (χ3n) is 3.62. The molecule has 0 saturated carbocycles. The largest absolute Gasteiger partial charge is 0.314 e. The molecule has 4 nitrogen and oxygen atoms in total. The quantitative estimate of drug-likeness (QED) is 0.792. The van der Waals surface area contributed by atoms with Crippen LogP contribution in [-0.2, 0) is 6.54 Å². The van der Waals surface area contributed by atoms with Crippen LogP contribution in [0.3, 0.4) is 0 Å². The van der Waals surface area contributed by atoms with E-state index in [9.17, 15) is 0 Å². The zero-order chi connectivity index (χ0) is 14.1. The van der Waals surface area contributed by atoms with Gasteiger partial charge in [-0.1, -0.05) is 18.2 Å². The topological polar surface area (TPSA) is 42.7 Å². The highest BCUT2D eigenvalue weighted by atomic mass is 15.1. The summed E-state index contributed by atoms with van der Waals surface area (Å²) in [5.41, 5.74) is 5.41. The van der Waals surface area contributed by atoms with Crippen molar-refractivity contribution in [3.63, 3.8) is 0 Å². The first-order chi connectivity index (χ1) is 9.70. The van der Waals surface area contributed by atoms with Gasteiger partial charge in [0, 0.05) is 17.6 Å². The Hall–Kier alpha value is -2.20. The molecule has 102 valence electrons. The van der Waals surface area contributed by atoms with Gasteiger partial charge in [-0.25, -0.2) is 4.98 Å². The van der Waals surface area contributed by atoms with Crippen molar-refractivity contribution in [3.8, 4) is 5.69 Å². The van der Waals surface area contributed by atoms with Gasteiger partial charge >= 0.3 is 0 Å². The van der Waals surface area contributed by atoms with Crippen molar-refractivity contribution in [2.75, 3.05) is 7.05 Å². The number of rotatable bonds is 3. The third-order valence-corrected chi connectivity index (χ3v) is 3.62. The van der Waals surface area contributed by atoms with Gasteiger partial charge in [-0.15, -0.1) is 0 Å². The number of fused-ring (bicyclic) bond motifs is 1. The van der Waals surface area contributed by atoms with Crippen molar-refractivity contribution in [2.24, 2.45) is 0 Å². The molecule has 1 aromatic carbocycles. The Labute approximate surface area is 118 Å². The van der Waals surface area contributed by atoms with Gasteiger partial charge in [0.2, 0.25) is 0 Å². The number of pyridine rings is 1. The summed E-state index contributed by atoms with van der Waals surface area (Å²) >= 11 is 0. The van der Waals surface area contributed by atoms with Gasteiger partial charge < -0.3 is 9.88 Å². The van der Waals surface area contributed by atoms with E-state index in [1.54, 1.807) is 0 Å². The van der Waals surface area contributed by atoms with Gasteiger partial charge in [0.1, 0.15) is 0 Å². The summed E-state index contributed by atoms with van der Waals surface area (Å²) in [5, 5.41) is 4.31. The lowest BCUT2D eigenvalue weighted by Gasteiger charge is -2.12. The summed E-state index contributed by atoms with van der Waals surface area (Å²) in [6.07, 6.45) is 1.88. The van der Waals surface area contributed by atoms with Crippen LogP contribution in [0.15, 0.2) is 36.7 Å². The van der Waals surface area contributed by atoms with E-state index in [1.807, 2.05) is 32.4 Å². The third kappa shape index (κ3) is 2.08. The van der Waals surface area contributed by atoms with Gasteiger partial charge in [0.25, 0.3) is 0 Å². The van der Waals surface area contributed by atoms with Crippen LogP contribution < -0.4 is 5.32 Å². The Bertz CT molecular complexity index is 758. The highest BCUT2D eigenvalue weighted by Crippen LogP contribution is 2.24. The number of nitrogens with one attached hydrogen (secondary N) is 1. The first-order valence-corrected chi connectivity index (χ1v) is 6.75. The first kappa shape index (κ1) is 12.8. The standard InChI is InChI=1S/C16H18N4/c1-11-12(2)20(10-18-11)16-8-13(9-17-3)19-15-7-5-4-6-14(15)16/h4-8,10,17H,9H2,1-3H3. The second kappa shape index (κ2) is 5.06. The molecule has 0 spiro atoms. The van der Waals surface area contributed by atoms with Crippen molar-refractivity contribution in [2.45, 2.75) is 20.4 Å². The molecule has 3 rings (SSSR count). The highest BCUT2D eigenvalue weighted by molar-refractivity contribution is 5.87. The number of aromatic nitrogens is 3. The van der Waals surface area contributed by atoms with E-state index in [4.69, 9.17) is 4.98 Å². The molecule has 0 aliphatic heterocycles. The molecular weight excluding hydrogens is 248 g/mol. The molecule has 1 N–H and O–H groups in total. The van der Waals surface area contributed by atoms with E-state index in [0.29, 0.717) is 0 Å². The average Bonchev–Trinajstić information content (AvgIpc) is 2.78. The summed E-state index contributed by atoms with van der Waals surface area (Å²) in [6, 6.07) is 10.4. The molecule has 0 amide bonds. The number of para-hydroxylation sites is 1. The van der Waals surface area contributed by atoms with E-state index in [2.05, 4.69) is 40.0 Å². The van der Waals surface area contributed by atoms with E-state index in [-0.39, 0.29) is 0 Å². The predicted molar refractivity (Wildman–Crippen MR) is 81.1 cm³/mol. The molecule has 0 aliphatic rings. The van der Waals surface area contributed by atoms with Crippen LogP contribution in [0.5, 0.6) is 0 Å². The fourth-order valence-electron chi connectivity index (χ4n) is 2.42. The summed E-state index contributed by atoms with van der Waals surface area (Å²) < 4.78 is 2.14. The van der Waals surface area contributed by atoms with Crippen LogP contribution in [-0.4, -0.2) is 21.6 Å². The molecule has 4 heteroatoms. The molecule has 3 aromatic rings. The van der Waals surface area contributed by atoms with Gasteiger partial charge in [-0.3, -0.25) is 4.98 Å². The zero-order valence-electron chi connectivity index (χ0n) is 12.0. The van der Waals surface area contributed by atoms with Gasteiger partial charge in [-0.05, 0) is 33.0 Å². The Kier molecular flexibility index (Phi) is 3.24.